The molecule has 4 atom stereocenters. The summed E-state index contributed by atoms with van der Waals surface area (Å²) in [6.07, 6.45) is 38.4. The molecule has 0 amide bonds. The predicted molar refractivity (Wildman–Crippen MR) is 222 cm³/mol. The smallest absolute Gasteiger partial charge is 0.312 e. The lowest BCUT2D eigenvalue weighted by Crippen LogP contribution is -2.43. The Labute approximate surface area is 323 Å². The Morgan fingerprint density at radius 1 is 0.712 bits per heavy atom. The Morgan fingerprint density at radius 2 is 1.23 bits per heavy atom. The Hall–Kier alpha value is -1.36. The minimum atomic E-state index is -0.404. The molecule has 2 fully saturated rings. The highest BCUT2D eigenvalue weighted by Crippen LogP contribution is 2.42. The lowest BCUT2D eigenvalue weighted by atomic mass is 9.80. The van der Waals surface area contributed by atoms with Gasteiger partial charge in [-0.05, 0) is 96.7 Å². The highest BCUT2D eigenvalue weighted by Gasteiger charge is 2.43. The van der Waals surface area contributed by atoms with Crippen LogP contribution in [0.1, 0.15) is 221 Å². The Morgan fingerprint density at radius 3 is 1.77 bits per heavy atom. The molecule has 1 saturated carbocycles. The highest BCUT2D eigenvalue weighted by molar-refractivity contribution is 5.77. The van der Waals surface area contributed by atoms with E-state index < -0.39 is 5.41 Å². The van der Waals surface area contributed by atoms with Gasteiger partial charge in [0.1, 0.15) is 12.2 Å². The summed E-state index contributed by atoms with van der Waals surface area (Å²) >= 11 is 0. The molecule has 5 nitrogen and oxygen atoms in total. The number of esters is 2. The van der Waals surface area contributed by atoms with Crippen molar-refractivity contribution in [2.45, 2.75) is 233 Å². The molecule has 0 N–H and O–H groups in total. The van der Waals surface area contributed by atoms with E-state index >= 15 is 0 Å². The van der Waals surface area contributed by atoms with Crippen molar-refractivity contribution in [3.8, 4) is 0 Å². The van der Waals surface area contributed by atoms with E-state index in [-0.39, 0.29) is 36.0 Å². The Balaban J connectivity index is 2.07. The summed E-state index contributed by atoms with van der Waals surface area (Å²) in [6.45, 7) is 13.0. The van der Waals surface area contributed by atoms with Crippen molar-refractivity contribution >= 4 is 11.9 Å². The average Bonchev–Trinajstić information content (AvgIpc) is 3.50. The van der Waals surface area contributed by atoms with Crippen LogP contribution in [0.3, 0.4) is 0 Å². The number of likely N-dealkylation sites (tertiary alicyclic amines) is 1. The first-order chi connectivity index (χ1) is 25.3. The van der Waals surface area contributed by atoms with Crippen LogP contribution in [0.2, 0.25) is 0 Å². The number of hydrogen-bond acceptors (Lipinski definition) is 5. The van der Waals surface area contributed by atoms with E-state index in [4.69, 9.17) is 9.47 Å². The summed E-state index contributed by atoms with van der Waals surface area (Å²) in [4.78, 5) is 29.7. The summed E-state index contributed by atoms with van der Waals surface area (Å²) < 4.78 is 12.9. The van der Waals surface area contributed by atoms with Crippen molar-refractivity contribution < 1.29 is 19.1 Å². The first-order valence-corrected chi connectivity index (χ1v) is 23.0. The topological polar surface area (TPSA) is 55.8 Å². The minimum absolute atomic E-state index is 0.0161. The van der Waals surface area contributed by atoms with Crippen LogP contribution in [-0.2, 0) is 19.1 Å². The van der Waals surface area contributed by atoms with Gasteiger partial charge in [-0.1, -0.05) is 162 Å². The molecular weight excluding hydrogens is 643 g/mol. The van der Waals surface area contributed by atoms with Crippen LogP contribution in [0.4, 0.5) is 0 Å². The molecule has 2 rings (SSSR count). The van der Waals surface area contributed by atoms with Gasteiger partial charge in [-0.25, -0.2) is 0 Å². The van der Waals surface area contributed by atoms with Gasteiger partial charge in [0.25, 0.3) is 0 Å². The first kappa shape index (κ1) is 46.8. The van der Waals surface area contributed by atoms with Crippen molar-refractivity contribution in [2.24, 2.45) is 23.2 Å². The molecule has 1 saturated heterocycles. The largest absolute Gasteiger partial charge is 0.462 e. The number of carbonyl (C=O) groups excluding carboxylic acids is 2. The standard InChI is InChI=1S/C47H87NO4/c1-7-11-15-18-21-25-28-40(29-26-22-19-16-12-8-2)38-42(30-27-23-20-17-13-9-3)51-45(49)39-41-32-33-44(43(41)31-24-14-10-4)52-46(50)47(5)34-36-48(6)37-35-47/h14,24,40-44H,7-13,15-23,25-39H2,1-6H3/b24-14-. The maximum Gasteiger partial charge on any atom is 0.312 e. The van der Waals surface area contributed by atoms with Crippen molar-refractivity contribution in [3.05, 3.63) is 12.2 Å². The van der Waals surface area contributed by atoms with Gasteiger partial charge in [-0.3, -0.25) is 9.59 Å². The third-order valence-corrected chi connectivity index (χ3v) is 12.7. The molecule has 0 spiro atoms. The molecule has 304 valence electrons. The van der Waals surface area contributed by atoms with E-state index in [0.717, 1.165) is 70.9 Å². The minimum Gasteiger partial charge on any atom is -0.462 e. The van der Waals surface area contributed by atoms with Gasteiger partial charge in [0, 0.05) is 12.3 Å². The molecule has 0 radical (unpaired) electrons. The Bertz CT molecular complexity index is 908. The average molecular weight is 730 g/mol. The van der Waals surface area contributed by atoms with Crippen LogP contribution >= 0.6 is 0 Å². The van der Waals surface area contributed by atoms with Gasteiger partial charge in [0.2, 0.25) is 0 Å². The van der Waals surface area contributed by atoms with Crippen LogP contribution in [0.5, 0.6) is 0 Å². The van der Waals surface area contributed by atoms with Gasteiger partial charge in [-0.2, -0.15) is 0 Å². The fourth-order valence-electron chi connectivity index (χ4n) is 8.87. The molecule has 0 aromatic heterocycles. The summed E-state index contributed by atoms with van der Waals surface area (Å²) in [6, 6.07) is 0. The van der Waals surface area contributed by atoms with Gasteiger partial charge < -0.3 is 14.4 Å². The van der Waals surface area contributed by atoms with Crippen molar-refractivity contribution in [1.29, 1.82) is 0 Å². The van der Waals surface area contributed by atoms with Gasteiger partial charge in [0.05, 0.1) is 5.41 Å². The van der Waals surface area contributed by atoms with E-state index in [0.29, 0.717) is 12.3 Å². The number of carbonyl (C=O) groups is 2. The highest BCUT2D eigenvalue weighted by atomic mass is 16.5. The van der Waals surface area contributed by atoms with E-state index in [1.165, 1.54) is 122 Å². The zero-order chi connectivity index (χ0) is 37.9. The number of unbranched alkanes of at least 4 members (excludes halogenated alkanes) is 15. The molecule has 52 heavy (non-hydrogen) atoms. The third kappa shape index (κ3) is 19.8. The number of hydrogen-bond donors (Lipinski definition) is 0. The summed E-state index contributed by atoms with van der Waals surface area (Å²) in [7, 11) is 2.13. The fourth-order valence-corrected chi connectivity index (χ4v) is 8.87. The quantitative estimate of drug-likeness (QED) is 0.0404. The maximum atomic E-state index is 13.9. The second kappa shape index (κ2) is 29.0. The molecular formula is C47H87NO4. The normalized spacial score (nSPS) is 21.2. The van der Waals surface area contributed by atoms with E-state index in [1.807, 2.05) is 0 Å². The van der Waals surface area contributed by atoms with Gasteiger partial charge in [0.15, 0.2) is 0 Å². The van der Waals surface area contributed by atoms with Gasteiger partial charge >= 0.3 is 11.9 Å². The molecule has 0 aromatic rings. The van der Waals surface area contributed by atoms with Gasteiger partial charge in [-0.15, -0.1) is 0 Å². The maximum absolute atomic E-state index is 13.9. The summed E-state index contributed by atoms with van der Waals surface area (Å²) in [5.41, 5.74) is -0.404. The fraction of sp³-hybridized carbons (Fsp3) is 0.915. The lowest BCUT2D eigenvalue weighted by Gasteiger charge is -2.37. The Kier molecular flexibility index (Phi) is 26.1. The second-order valence-electron chi connectivity index (χ2n) is 17.5. The zero-order valence-electron chi connectivity index (χ0n) is 35.5. The van der Waals surface area contributed by atoms with Crippen molar-refractivity contribution in [2.75, 3.05) is 20.1 Å². The van der Waals surface area contributed by atoms with Crippen LogP contribution in [0, 0.1) is 23.2 Å². The second-order valence-corrected chi connectivity index (χ2v) is 17.5. The summed E-state index contributed by atoms with van der Waals surface area (Å²) in [5, 5.41) is 0. The zero-order valence-corrected chi connectivity index (χ0v) is 35.5. The summed E-state index contributed by atoms with van der Waals surface area (Å²) in [5.74, 6) is 0.989. The molecule has 0 bridgehead atoms. The predicted octanol–water partition coefficient (Wildman–Crippen LogP) is 13.6. The SMILES string of the molecule is CC/C=C\CC1C(CC(=O)OC(CCCCCCCC)CC(CCCCCCCC)CCCCCCCC)CCC1OC(=O)C1(C)CCN(C)CC1. The third-order valence-electron chi connectivity index (χ3n) is 12.7. The number of allylic oxidation sites excluding steroid dienone is 2. The van der Waals surface area contributed by atoms with Crippen LogP contribution in [-0.4, -0.2) is 49.2 Å². The van der Waals surface area contributed by atoms with Crippen LogP contribution in [0.25, 0.3) is 0 Å². The first-order valence-electron chi connectivity index (χ1n) is 23.0. The molecule has 4 unspecified atom stereocenters. The van der Waals surface area contributed by atoms with E-state index in [2.05, 4.69) is 58.7 Å². The van der Waals surface area contributed by atoms with Crippen LogP contribution < -0.4 is 0 Å². The number of nitrogens with zero attached hydrogens (tertiary/aromatic N) is 1. The lowest BCUT2D eigenvalue weighted by molar-refractivity contribution is -0.165. The number of ether oxygens (including phenoxy) is 2. The van der Waals surface area contributed by atoms with E-state index in [9.17, 15) is 9.59 Å². The van der Waals surface area contributed by atoms with Crippen molar-refractivity contribution in [3.63, 3.8) is 0 Å². The monoisotopic (exact) mass is 730 g/mol. The number of piperidine rings is 1. The molecule has 2 aliphatic rings. The van der Waals surface area contributed by atoms with E-state index in [1.54, 1.807) is 0 Å². The molecule has 1 aliphatic carbocycles. The molecule has 1 aliphatic heterocycles. The van der Waals surface area contributed by atoms with Crippen LogP contribution in [0.15, 0.2) is 12.2 Å². The molecule has 0 aromatic carbocycles. The molecule has 5 heteroatoms. The number of rotatable bonds is 31. The van der Waals surface area contributed by atoms with Crippen molar-refractivity contribution in [1.82, 2.24) is 4.90 Å². The molecule has 1 heterocycles.